The molecule has 0 atom stereocenters. The molecule has 0 fully saturated rings. The van der Waals surface area contributed by atoms with Gasteiger partial charge in [-0.1, -0.05) is 12.8 Å². The lowest BCUT2D eigenvalue weighted by atomic mass is 10.2. The van der Waals surface area contributed by atoms with E-state index in [9.17, 15) is 4.79 Å². The van der Waals surface area contributed by atoms with Gasteiger partial charge in [-0.05, 0) is 30.9 Å². The van der Waals surface area contributed by atoms with Crippen LogP contribution in [0.5, 0.6) is 0 Å². The number of nitrogens with two attached hydrogens (primary N) is 1. The van der Waals surface area contributed by atoms with Gasteiger partial charge < -0.3 is 16.2 Å². The molecule has 4 N–H and O–H groups in total. The van der Waals surface area contributed by atoms with Crippen molar-refractivity contribution >= 4 is 29.2 Å². The van der Waals surface area contributed by atoms with Crippen LogP contribution in [0, 0.1) is 0 Å². The molecule has 0 aliphatic rings. The average Bonchev–Trinajstić information content (AvgIpc) is 2.39. The van der Waals surface area contributed by atoms with Crippen LogP contribution in [0.3, 0.4) is 0 Å². The molecule has 0 unspecified atom stereocenters. The van der Waals surface area contributed by atoms with E-state index in [1.807, 2.05) is 11.8 Å². The molecule has 106 valence electrons. The second-order valence-electron chi connectivity index (χ2n) is 4.26. The number of anilines is 2. The van der Waals surface area contributed by atoms with Crippen LogP contribution in [0.4, 0.5) is 11.5 Å². The molecule has 0 saturated carbocycles. The fourth-order valence-corrected chi connectivity index (χ4v) is 2.23. The Bertz CT molecular complexity index is 413. The number of aromatic carboxylic acids is 1. The summed E-state index contributed by atoms with van der Waals surface area (Å²) in [6.07, 6.45) is 8.24. The number of carboxylic acids is 1. The predicted molar refractivity (Wildman–Crippen MR) is 80.9 cm³/mol. The first-order valence-corrected chi connectivity index (χ1v) is 7.76. The second-order valence-corrected chi connectivity index (χ2v) is 5.25. The minimum Gasteiger partial charge on any atom is -0.478 e. The van der Waals surface area contributed by atoms with Gasteiger partial charge in [0.15, 0.2) is 0 Å². The van der Waals surface area contributed by atoms with E-state index in [0.717, 1.165) is 19.4 Å². The fourth-order valence-electron chi connectivity index (χ4n) is 1.73. The number of nitrogens with one attached hydrogen (secondary N) is 1. The van der Waals surface area contributed by atoms with Crippen LogP contribution < -0.4 is 11.1 Å². The monoisotopic (exact) mass is 283 g/mol. The number of pyridine rings is 1. The first-order chi connectivity index (χ1) is 9.16. The highest BCUT2D eigenvalue weighted by molar-refractivity contribution is 7.98. The standard InChI is InChI=1S/C13H21N3O2S/c1-19-9-5-3-2-4-7-15-12-11(14)10(13(17)18)6-8-16-12/h6,8H,2-5,7,9,14H2,1H3,(H,15,16)(H,17,18). The molecular weight excluding hydrogens is 262 g/mol. The molecular formula is C13H21N3O2S. The maximum Gasteiger partial charge on any atom is 0.337 e. The number of carbonyl (C=O) groups is 1. The number of hydrogen-bond acceptors (Lipinski definition) is 5. The Hall–Kier alpha value is -1.43. The van der Waals surface area contributed by atoms with Crippen LogP contribution in [-0.4, -0.2) is 34.6 Å². The predicted octanol–water partition coefficient (Wildman–Crippen LogP) is 2.70. The van der Waals surface area contributed by atoms with E-state index in [1.54, 1.807) is 0 Å². The smallest absolute Gasteiger partial charge is 0.337 e. The maximum atomic E-state index is 10.9. The number of hydrogen-bond donors (Lipinski definition) is 3. The van der Waals surface area contributed by atoms with Crippen molar-refractivity contribution < 1.29 is 9.90 Å². The van der Waals surface area contributed by atoms with E-state index in [-0.39, 0.29) is 11.3 Å². The highest BCUT2D eigenvalue weighted by Crippen LogP contribution is 2.19. The summed E-state index contributed by atoms with van der Waals surface area (Å²) < 4.78 is 0. The summed E-state index contributed by atoms with van der Waals surface area (Å²) in [5.74, 6) is 0.645. The highest BCUT2D eigenvalue weighted by atomic mass is 32.2. The van der Waals surface area contributed by atoms with Crippen molar-refractivity contribution in [2.75, 3.05) is 29.6 Å². The Labute approximate surface area is 118 Å². The van der Waals surface area contributed by atoms with Gasteiger partial charge in [0, 0.05) is 12.7 Å². The molecule has 0 aliphatic carbocycles. The molecule has 1 aromatic heterocycles. The van der Waals surface area contributed by atoms with Crippen LogP contribution in [-0.2, 0) is 0 Å². The summed E-state index contributed by atoms with van der Waals surface area (Å²) in [7, 11) is 0. The van der Waals surface area contributed by atoms with Crippen LogP contribution in [0.25, 0.3) is 0 Å². The topological polar surface area (TPSA) is 88.2 Å². The van der Waals surface area contributed by atoms with Crippen molar-refractivity contribution in [3.05, 3.63) is 17.8 Å². The van der Waals surface area contributed by atoms with Gasteiger partial charge in [-0.15, -0.1) is 0 Å². The van der Waals surface area contributed by atoms with Crippen molar-refractivity contribution in [3.8, 4) is 0 Å². The molecule has 5 nitrogen and oxygen atoms in total. The number of nitrogen functional groups attached to an aromatic ring is 1. The summed E-state index contributed by atoms with van der Waals surface area (Å²) in [4.78, 5) is 15.0. The maximum absolute atomic E-state index is 10.9. The third kappa shape index (κ3) is 5.38. The quantitative estimate of drug-likeness (QED) is 0.604. The normalized spacial score (nSPS) is 10.4. The molecule has 0 amide bonds. The zero-order valence-corrected chi connectivity index (χ0v) is 12.0. The van der Waals surface area contributed by atoms with E-state index in [1.165, 1.54) is 30.9 Å². The Morgan fingerprint density at radius 2 is 2.16 bits per heavy atom. The largest absolute Gasteiger partial charge is 0.478 e. The molecule has 0 radical (unpaired) electrons. The minimum absolute atomic E-state index is 0.0949. The SMILES string of the molecule is CSCCCCCCNc1nccc(C(=O)O)c1N. The van der Waals surface area contributed by atoms with Gasteiger partial charge in [-0.25, -0.2) is 9.78 Å². The first-order valence-electron chi connectivity index (χ1n) is 6.37. The molecule has 6 heteroatoms. The van der Waals surface area contributed by atoms with E-state index < -0.39 is 5.97 Å². The molecule has 0 aliphatic heterocycles. The zero-order chi connectivity index (χ0) is 14.1. The lowest BCUT2D eigenvalue weighted by molar-refractivity contribution is 0.0698. The molecule has 19 heavy (non-hydrogen) atoms. The molecule has 0 spiro atoms. The van der Waals surface area contributed by atoms with Crippen LogP contribution >= 0.6 is 11.8 Å². The van der Waals surface area contributed by atoms with Crippen molar-refractivity contribution in [2.24, 2.45) is 0 Å². The van der Waals surface area contributed by atoms with E-state index >= 15 is 0 Å². The molecule has 0 saturated heterocycles. The molecule has 1 heterocycles. The van der Waals surface area contributed by atoms with Crippen molar-refractivity contribution in [1.82, 2.24) is 4.98 Å². The lowest BCUT2D eigenvalue weighted by Gasteiger charge is -2.09. The number of thioether (sulfide) groups is 1. The minimum atomic E-state index is -1.03. The Morgan fingerprint density at radius 3 is 2.84 bits per heavy atom. The number of unbranched alkanes of at least 4 members (excludes halogenated alkanes) is 3. The summed E-state index contributed by atoms with van der Waals surface area (Å²) in [6.45, 7) is 0.763. The van der Waals surface area contributed by atoms with E-state index in [0.29, 0.717) is 5.82 Å². The number of rotatable bonds is 9. The summed E-state index contributed by atoms with van der Waals surface area (Å²) in [5.41, 5.74) is 6.06. The summed E-state index contributed by atoms with van der Waals surface area (Å²) in [6, 6.07) is 1.41. The van der Waals surface area contributed by atoms with Gasteiger partial charge in [-0.3, -0.25) is 0 Å². The van der Waals surface area contributed by atoms with Crippen molar-refractivity contribution in [2.45, 2.75) is 25.7 Å². The average molecular weight is 283 g/mol. The van der Waals surface area contributed by atoms with Crippen LogP contribution in [0.15, 0.2) is 12.3 Å². The molecule has 1 rings (SSSR count). The second kappa shape index (κ2) is 8.63. The Morgan fingerprint density at radius 1 is 1.42 bits per heavy atom. The van der Waals surface area contributed by atoms with Crippen molar-refractivity contribution in [3.63, 3.8) is 0 Å². The van der Waals surface area contributed by atoms with Crippen LogP contribution in [0.2, 0.25) is 0 Å². The van der Waals surface area contributed by atoms with E-state index in [2.05, 4.69) is 16.6 Å². The fraction of sp³-hybridized carbons (Fsp3) is 0.538. The zero-order valence-electron chi connectivity index (χ0n) is 11.2. The van der Waals surface area contributed by atoms with Gasteiger partial charge in [0.05, 0.1) is 11.3 Å². The number of aromatic nitrogens is 1. The lowest BCUT2D eigenvalue weighted by Crippen LogP contribution is -2.10. The summed E-state index contributed by atoms with van der Waals surface area (Å²) in [5, 5.41) is 12.0. The number of carboxylic acid groups (broad SMARTS) is 1. The molecule has 1 aromatic rings. The third-order valence-corrected chi connectivity index (χ3v) is 3.49. The molecule has 0 bridgehead atoms. The Balaban J connectivity index is 2.33. The Kier molecular flexibility index (Phi) is 7.10. The highest BCUT2D eigenvalue weighted by Gasteiger charge is 2.11. The van der Waals surface area contributed by atoms with Gasteiger partial charge in [-0.2, -0.15) is 11.8 Å². The van der Waals surface area contributed by atoms with Gasteiger partial charge in [0.1, 0.15) is 5.82 Å². The van der Waals surface area contributed by atoms with Gasteiger partial charge in [0.2, 0.25) is 0 Å². The van der Waals surface area contributed by atoms with Gasteiger partial charge in [0.25, 0.3) is 0 Å². The number of nitrogens with zero attached hydrogens (tertiary/aromatic N) is 1. The van der Waals surface area contributed by atoms with Crippen molar-refractivity contribution in [1.29, 1.82) is 0 Å². The third-order valence-electron chi connectivity index (χ3n) is 2.79. The summed E-state index contributed by atoms with van der Waals surface area (Å²) >= 11 is 1.87. The van der Waals surface area contributed by atoms with Crippen LogP contribution in [0.1, 0.15) is 36.0 Å². The first kappa shape index (κ1) is 15.6. The van der Waals surface area contributed by atoms with E-state index in [4.69, 9.17) is 10.8 Å². The van der Waals surface area contributed by atoms with Gasteiger partial charge >= 0.3 is 5.97 Å². The molecule has 0 aromatic carbocycles.